The number of carboxylic acids is 1. The Bertz CT molecular complexity index is 882. The van der Waals surface area contributed by atoms with Crippen molar-refractivity contribution in [2.45, 2.75) is 18.2 Å². The van der Waals surface area contributed by atoms with E-state index in [0.717, 1.165) is 28.8 Å². The molecule has 0 fully saturated rings. The Morgan fingerprint density at radius 2 is 1.85 bits per heavy atom. The van der Waals surface area contributed by atoms with Gasteiger partial charge >= 0.3 is 5.97 Å². The van der Waals surface area contributed by atoms with Crippen LogP contribution in [0.2, 0.25) is 0 Å². The number of thioether (sulfide) groups is 1. The minimum absolute atomic E-state index is 0.0843. The van der Waals surface area contributed by atoms with Crippen molar-refractivity contribution in [3.05, 3.63) is 66.0 Å². The smallest absolute Gasteiger partial charge is 0.313 e. The molecular formula is C19H20N4O3S. The molecule has 8 heteroatoms. The molecule has 0 aliphatic carbocycles. The van der Waals surface area contributed by atoms with Crippen molar-refractivity contribution in [3.63, 3.8) is 0 Å². The Morgan fingerprint density at radius 1 is 1.11 bits per heavy atom. The van der Waals surface area contributed by atoms with Crippen LogP contribution in [0.4, 0.5) is 0 Å². The zero-order chi connectivity index (χ0) is 19.1. The molecule has 0 bridgehead atoms. The van der Waals surface area contributed by atoms with Gasteiger partial charge in [-0.05, 0) is 36.4 Å². The van der Waals surface area contributed by atoms with E-state index in [1.165, 1.54) is 0 Å². The van der Waals surface area contributed by atoms with E-state index in [4.69, 9.17) is 15.6 Å². The van der Waals surface area contributed by atoms with E-state index in [0.29, 0.717) is 30.6 Å². The van der Waals surface area contributed by atoms with Crippen LogP contribution in [-0.2, 0) is 17.8 Å². The Labute approximate surface area is 161 Å². The van der Waals surface area contributed by atoms with Gasteiger partial charge in [0.15, 0.2) is 5.16 Å². The Kier molecular flexibility index (Phi) is 6.45. The fraction of sp³-hybridized carbons (Fsp3) is 0.211. The highest BCUT2D eigenvalue weighted by Crippen LogP contribution is 2.24. The van der Waals surface area contributed by atoms with Crippen molar-refractivity contribution >= 4 is 17.7 Å². The van der Waals surface area contributed by atoms with Crippen LogP contribution in [0.5, 0.6) is 5.75 Å². The zero-order valence-corrected chi connectivity index (χ0v) is 15.4. The summed E-state index contributed by atoms with van der Waals surface area (Å²) in [4.78, 5) is 10.9. The third kappa shape index (κ3) is 5.08. The Balaban J connectivity index is 1.77. The molecule has 2 aromatic carbocycles. The largest absolute Gasteiger partial charge is 0.489 e. The van der Waals surface area contributed by atoms with Gasteiger partial charge in [-0.15, -0.1) is 10.2 Å². The first-order valence-corrected chi connectivity index (χ1v) is 9.42. The van der Waals surface area contributed by atoms with Crippen molar-refractivity contribution in [1.82, 2.24) is 14.8 Å². The van der Waals surface area contributed by atoms with Crippen molar-refractivity contribution in [2.24, 2.45) is 5.73 Å². The summed E-state index contributed by atoms with van der Waals surface area (Å²) in [5.41, 5.74) is 7.59. The third-order valence-corrected chi connectivity index (χ3v) is 4.65. The molecule has 0 atom stereocenters. The van der Waals surface area contributed by atoms with Crippen LogP contribution in [0.25, 0.3) is 5.69 Å². The van der Waals surface area contributed by atoms with E-state index in [1.807, 2.05) is 59.2 Å². The molecule has 0 aliphatic heterocycles. The summed E-state index contributed by atoms with van der Waals surface area (Å²) < 4.78 is 7.64. The lowest BCUT2D eigenvalue weighted by Crippen LogP contribution is -2.10. The fourth-order valence-corrected chi connectivity index (χ4v) is 3.19. The van der Waals surface area contributed by atoms with Gasteiger partial charge in [0.05, 0.1) is 5.75 Å². The van der Waals surface area contributed by atoms with Crippen molar-refractivity contribution in [3.8, 4) is 11.4 Å². The first-order chi connectivity index (χ1) is 13.2. The van der Waals surface area contributed by atoms with Crippen LogP contribution < -0.4 is 10.5 Å². The maximum absolute atomic E-state index is 10.9. The number of nitrogens with two attached hydrogens (primary N) is 1. The van der Waals surface area contributed by atoms with Gasteiger partial charge in [0.2, 0.25) is 0 Å². The predicted octanol–water partition coefficient (Wildman–Crippen LogP) is 2.52. The summed E-state index contributed by atoms with van der Waals surface area (Å²) in [6, 6.07) is 17.5. The number of carboxylic acid groups (broad SMARTS) is 1. The monoisotopic (exact) mass is 384 g/mol. The normalized spacial score (nSPS) is 10.7. The van der Waals surface area contributed by atoms with Gasteiger partial charge in [0.1, 0.15) is 18.2 Å². The minimum Gasteiger partial charge on any atom is -0.489 e. The molecular weight excluding hydrogens is 364 g/mol. The van der Waals surface area contributed by atoms with Gasteiger partial charge in [-0.1, -0.05) is 42.1 Å². The molecule has 3 N–H and O–H groups in total. The van der Waals surface area contributed by atoms with Gasteiger partial charge in [0.25, 0.3) is 0 Å². The summed E-state index contributed by atoms with van der Waals surface area (Å²) in [5.74, 6) is 0.456. The quantitative estimate of drug-likeness (QED) is 0.546. The maximum Gasteiger partial charge on any atom is 0.313 e. The van der Waals surface area contributed by atoms with Crippen LogP contribution in [0.15, 0.2) is 59.8 Å². The molecule has 7 nitrogen and oxygen atoms in total. The van der Waals surface area contributed by atoms with E-state index in [9.17, 15) is 4.79 Å². The fourth-order valence-electron chi connectivity index (χ4n) is 2.50. The average molecular weight is 384 g/mol. The summed E-state index contributed by atoms with van der Waals surface area (Å²) >= 11 is 1.13. The van der Waals surface area contributed by atoms with E-state index < -0.39 is 5.97 Å². The predicted molar refractivity (Wildman–Crippen MR) is 103 cm³/mol. The van der Waals surface area contributed by atoms with E-state index in [-0.39, 0.29) is 5.75 Å². The number of rotatable bonds is 9. The number of benzene rings is 2. The first-order valence-electron chi connectivity index (χ1n) is 8.43. The van der Waals surface area contributed by atoms with Crippen molar-refractivity contribution in [1.29, 1.82) is 0 Å². The van der Waals surface area contributed by atoms with Gasteiger partial charge in [-0.2, -0.15) is 0 Å². The molecule has 0 radical (unpaired) electrons. The second-order valence-electron chi connectivity index (χ2n) is 5.72. The lowest BCUT2D eigenvalue weighted by molar-refractivity contribution is -0.133. The zero-order valence-electron chi connectivity index (χ0n) is 14.6. The van der Waals surface area contributed by atoms with Crippen molar-refractivity contribution < 1.29 is 14.6 Å². The van der Waals surface area contributed by atoms with Crippen LogP contribution in [0.3, 0.4) is 0 Å². The Morgan fingerprint density at radius 3 is 2.52 bits per heavy atom. The highest BCUT2D eigenvalue weighted by molar-refractivity contribution is 7.99. The number of nitrogens with zero attached hydrogens (tertiary/aromatic N) is 3. The molecule has 0 amide bonds. The number of hydrogen-bond donors (Lipinski definition) is 2. The van der Waals surface area contributed by atoms with Crippen LogP contribution >= 0.6 is 11.8 Å². The summed E-state index contributed by atoms with van der Waals surface area (Å²) in [7, 11) is 0. The van der Waals surface area contributed by atoms with Gasteiger partial charge < -0.3 is 15.6 Å². The van der Waals surface area contributed by atoms with Crippen molar-refractivity contribution in [2.75, 3.05) is 12.3 Å². The second-order valence-corrected chi connectivity index (χ2v) is 6.67. The molecule has 1 aromatic heterocycles. The molecule has 1 heterocycles. The SMILES string of the molecule is NCCc1nnc(SCC(=O)O)n1-c1ccc(OCc2ccccc2)cc1. The highest BCUT2D eigenvalue weighted by Gasteiger charge is 2.15. The van der Waals surface area contributed by atoms with Crippen LogP contribution in [-0.4, -0.2) is 38.1 Å². The third-order valence-electron chi connectivity index (χ3n) is 3.74. The molecule has 0 spiro atoms. The van der Waals surface area contributed by atoms with E-state index in [1.54, 1.807) is 0 Å². The summed E-state index contributed by atoms with van der Waals surface area (Å²) in [5, 5.41) is 17.7. The first kappa shape index (κ1) is 18.9. The van der Waals surface area contributed by atoms with Gasteiger partial charge in [-0.3, -0.25) is 9.36 Å². The van der Waals surface area contributed by atoms with E-state index in [2.05, 4.69) is 10.2 Å². The topological polar surface area (TPSA) is 103 Å². The average Bonchev–Trinajstić information content (AvgIpc) is 3.09. The molecule has 3 rings (SSSR count). The molecule has 27 heavy (non-hydrogen) atoms. The van der Waals surface area contributed by atoms with Crippen LogP contribution in [0, 0.1) is 0 Å². The lowest BCUT2D eigenvalue weighted by atomic mass is 10.2. The molecule has 0 saturated carbocycles. The molecule has 140 valence electrons. The molecule has 0 aliphatic rings. The number of hydrogen-bond acceptors (Lipinski definition) is 6. The van der Waals surface area contributed by atoms with Gasteiger partial charge in [0, 0.05) is 12.1 Å². The molecule has 0 unspecified atom stereocenters. The number of aliphatic carboxylic acids is 1. The van der Waals surface area contributed by atoms with Gasteiger partial charge in [-0.25, -0.2) is 0 Å². The number of carbonyl (C=O) groups is 1. The minimum atomic E-state index is -0.903. The summed E-state index contributed by atoms with van der Waals surface area (Å²) in [6.45, 7) is 0.922. The molecule has 0 saturated heterocycles. The van der Waals surface area contributed by atoms with E-state index >= 15 is 0 Å². The second kappa shape index (κ2) is 9.20. The highest BCUT2D eigenvalue weighted by atomic mass is 32.2. The lowest BCUT2D eigenvalue weighted by Gasteiger charge is -2.11. The standard InChI is InChI=1S/C19H20N4O3S/c20-11-10-17-21-22-19(27-13-18(24)25)23(17)15-6-8-16(9-7-15)26-12-14-4-2-1-3-5-14/h1-9H,10-13,20H2,(H,24,25). The summed E-state index contributed by atoms with van der Waals surface area (Å²) in [6.07, 6.45) is 0.549. The Hall–Kier alpha value is -2.84. The van der Waals surface area contributed by atoms with Crippen LogP contribution in [0.1, 0.15) is 11.4 Å². The maximum atomic E-state index is 10.9. The molecule has 3 aromatic rings. The number of ether oxygens (including phenoxy) is 1. The number of aromatic nitrogens is 3.